The standard InChI is InChI=1S/C19H19NO3/c1-12(2)19(22)23-16-5-3-4-14(10-16)15-7-6-13-8-9-18(21)20-17(13)11-15/h3-7,10-12H,8-9H2,1-2H3,(H,20,21). The third kappa shape index (κ3) is 3.42. The SMILES string of the molecule is CC(C)C(=O)Oc1cccc(-c2ccc3c(c2)NC(=O)CC3)c1. The Bertz CT molecular complexity index is 765. The third-order valence-electron chi connectivity index (χ3n) is 3.86. The molecule has 0 saturated carbocycles. The van der Waals surface area contributed by atoms with E-state index in [1.807, 2.05) is 36.4 Å². The van der Waals surface area contributed by atoms with E-state index < -0.39 is 0 Å². The summed E-state index contributed by atoms with van der Waals surface area (Å²) in [4.78, 5) is 23.3. The third-order valence-corrected chi connectivity index (χ3v) is 3.86. The van der Waals surface area contributed by atoms with E-state index in [0.29, 0.717) is 12.2 Å². The number of ether oxygens (including phenoxy) is 1. The van der Waals surface area contributed by atoms with Crippen molar-refractivity contribution >= 4 is 17.6 Å². The molecule has 1 aliphatic rings. The van der Waals surface area contributed by atoms with Crippen molar-refractivity contribution in [3.05, 3.63) is 48.0 Å². The van der Waals surface area contributed by atoms with Gasteiger partial charge in [0.2, 0.25) is 5.91 Å². The maximum atomic E-state index is 11.7. The Hall–Kier alpha value is -2.62. The number of aryl methyl sites for hydroxylation is 1. The van der Waals surface area contributed by atoms with Gasteiger partial charge in [-0.1, -0.05) is 38.1 Å². The molecule has 0 aromatic heterocycles. The smallest absolute Gasteiger partial charge is 0.313 e. The molecule has 0 saturated heterocycles. The summed E-state index contributed by atoms with van der Waals surface area (Å²) in [7, 11) is 0. The molecular weight excluding hydrogens is 290 g/mol. The molecular formula is C19H19NO3. The van der Waals surface area contributed by atoms with Gasteiger partial charge in [-0.3, -0.25) is 9.59 Å². The molecule has 0 fully saturated rings. The maximum absolute atomic E-state index is 11.7. The van der Waals surface area contributed by atoms with E-state index in [2.05, 4.69) is 5.32 Å². The Balaban J connectivity index is 1.89. The predicted molar refractivity (Wildman–Crippen MR) is 89.3 cm³/mol. The quantitative estimate of drug-likeness (QED) is 0.693. The van der Waals surface area contributed by atoms with Gasteiger partial charge in [0.25, 0.3) is 0 Å². The van der Waals surface area contributed by atoms with Crippen molar-refractivity contribution in [2.45, 2.75) is 26.7 Å². The fourth-order valence-corrected chi connectivity index (χ4v) is 2.52. The summed E-state index contributed by atoms with van der Waals surface area (Å²) in [5, 5.41) is 2.91. The molecule has 0 bridgehead atoms. The number of esters is 1. The van der Waals surface area contributed by atoms with Crippen LogP contribution in [0.4, 0.5) is 5.69 Å². The Labute approximate surface area is 135 Å². The zero-order chi connectivity index (χ0) is 16.4. The highest BCUT2D eigenvalue weighted by Gasteiger charge is 2.15. The van der Waals surface area contributed by atoms with E-state index in [-0.39, 0.29) is 17.8 Å². The molecule has 4 heteroatoms. The lowest BCUT2D eigenvalue weighted by molar-refractivity contribution is -0.137. The van der Waals surface area contributed by atoms with Gasteiger partial charge in [-0.15, -0.1) is 0 Å². The van der Waals surface area contributed by atoms with Crippen LogP contribution in [0.2, 0.25) is 0 Å². The van der Waals surface area contributed by atoms with Gasteiger partial charge in [0.05, 0.1) is 5.92 Å². The van der Waals surface area contributed by atoms with Crippen molar-refractivity contribution in [3.8, 4) is 16.9 Å². The molecule has 2 aromatic rings. The normalized spacial score (nSPS) is 13.4. The maximum Gasteiger partial charge on any atom is 0.313 e. The average molecular weight is 309 g/mol. The van der Waals surface area contributed by atoms with Gasteiger partial charge in [0.15, 0.2) is 0 Å². The molecule has 0 atom stereocenters. The average Bonchev–Trinajstić information content (AvgIpc) is 2.54. The van der Waals surface area contributed by atoms with E-state index in [0.717, 1.165) is 28.8 Å². The monoisotopic (exact) mass is 309 g/mol. The predicted octanol–water partition coefficient (Wildman–Crippen LogP) is 3.80. The number of fused-ring (bicyclic) bond motifs is 1. The number of carbonyl (C=O) groups excluding carboxylic acids is 2. The number of carbonyl (C=O) groups is 2. The fourth-order valence-electron chi connectivity index (χ4n) is 2.52. The highest BCUT2D eigenvalue weighted by Crippen LogP contribution is 2.30. The lowest BCUT2D eigenvalue weighted by Gasteiger charge is -2.18. The van der Waals surface area contributed by atoms with Crippen LogP contribution in [0, 0.1) is 5.92 Å². The molecule has 1 N–H and O–H groups in total. The summed E-state index contributed by atoms with van der Waals surface area (Å²) in [5.41, 5.74) is 3.94. The van der Waals surface area contributed by atoms with E-state index in [9.17, 15) is 9.59 Å². The molecule has 0 radical (unpaired) electrons. The number of benzene rings is 2. The van der Waals surface area contributed by atoms with Crippen molar-refractivity contribution in [1.82, 2.24) is 0 Å². The summed E-state index contributed by atoms with van der Waals surface area (Å²) < 4.78 is 5.36. The molecule has 3 rings (SSSR count). The largest absolute Gasteiger partial charge is 0.426 e. The number of hydrogen-bond acceptors (Lipinski definition) is 3. The van der Waals surface area contributed by atoms with Gasteiger partial charge in [0, 0.05) is 12.1 Å². The van der Waals surface area contributed by atoms with E-state index in [1.54, 1.807) is 19.9 Å². The van der Waals surface area contributed by atoms with Crippen molar-refractivity contribution in [1.29, 1.82) is 0 Å². The second-order valence-electron chi connectivity index (χ2n) is 6.02. The van der Waals surface area contributed by atoms with E-state index in [1.165, 1.54) is 0 Å². The van der Waals surface area contributed by atoms with Gasteiger partial charge in [-0.25, -0.2) is 0 Å². The van der Waals surface area contributed by atoms with Gasteiger partial charge in [-0.2, -0.15) is 0 Å². The first-order valence-corrected chi connectivity index (χ1v) is 7.78. The van der Waals surface area contributed by atoms with Crippen LogP contribution in [0.25, 0.3) is 11.1 Å². The summed E-state index contributed by atoms with van der Waals surface area (Å²) in [6.07, 6.45) is 1.31. The zero-order valence-electron chi connectivity index (χ0n) is 13.3. The lowest BCUT2D eigenvalue weighted by Crippen LogP contribution is -2.18. The zero-order valence-corrected chi connectivity index (χ0v) is 13.3. The van der Waals surface area contributed by atoms with E-state index >= 15 is 0 Å². The minimum atomic E-state index is -0.250. The highest BCUT2D eigenvalue weighted by atomic mass is 16.5. The number of hydrogen-bond donors (Lipinski definition) is 1. The van der Waals surface area contributed by atoms with Crippen molar-refractivity contribution in [2.24, 2.45) is 5.92 Å². The van der Waals surface area contributed by atoms with Crippen LogP contribution in [0.3, 0.4) is 0 Å². The fraction of sp³-hybridized carbons (Fsp3) is 0.263. The molecule has 4 nitrogen and oxygen atoms in total. The Kier molecular flexibility index (Phi) is 4.15. The first kappa shape index (κ1) is 15.3. The summed E-state index contributed by atoms with van der Waals surface area (Å²) >= 11 is 0. The minimum Gasteiger partial charge on any atom is -0.426 e. The Morgan fingerprint density at radius 3 is 2.65 bits per heavy atom. The summed E-state index contributed by atoms with van der Waals surface area (Å²) in [6, 6.07) is 13.5. The molecule has 1 amide bonds. The minimum absolute atomic E-state index is 0.0502. The first-order chi connectivity index (χ1) is 11.0. The second-order valence-corrected chi connectivity index (χ2v) is 6.02. The number of amides is 1. The van der Waals surface area contributed by atoms with Gasteiger partial charge >= 0.3 is 5.97 Å². The molecule has 0 aliphatic carbocycles. The molecule has 2 aromatic carbocycles. The highest BCUT2D eigenvalue weighted by molar-refractivity contribution is 5.94. The number of rotatable bonds is 3. The molecule has 1 aliphatic heterocycles. The molecule has 23 heavy (non-hydrogen) atoms. The summed E-state index contributed by atoms with van der Waals surface area (Å²) in [6.45, 7) is 3.61. The lowest BCUT2D eigenvalue weighted by atomic mass is 9.97. The van der Waals surface area contributed by atoms with Gasteiger partial charge in [-0.05, 0) is 41.3 Å². The van der Waals surface area contributed by atoms with Crippen LogP contribution in [-0.2, 0) is 16.0 Å². The van der Waals surface area contributed by atoms with Crippen LogP contribution in [0.1, 0.15) is 25.8 Å². The van der Waals surface area contributed by atoms with Gasteiger partial charge < -0.3 is 10.1 Å². The van der Waals surface area contributed by atoms with Crippen LogP contribution < -0.4 is 10.1 Å². The number of nitrogens with one attached hydrogen (secondary N) is 1. The molecule has 0 unspecified atom stereocenters. The van der Waals surface area contributed by atoms with Crippen molar-refractivity contribution in [2.75, 3.05) is 5.32 Å². The molecule has 118 valence electrons. The van der Waals surface area contributed by atoms with E-state index in [4.69, 9.17) is 4.74 Å². The molecule has 1 heterocycles. The topological polar surface area (TPSA) is 55.4 Å². The Morgan fingerprint density at radius 2 is 1.87 bits per heavy atom. The van der Waals surface area contributed by atoms with Crippen molar-refractivity contribution in [3.63, 3.8) is 0 Å². The van der Waals surface area contributed by atoms with Crippen LogP contribution >= 0.6 is 0 Å². The van der Waals surface area contributed by atoms with Crippen LogP contribution in [0.15, 0.2) is 42.5 Å². The Morgan fingerprint density at radius 1 is 1.09 bits per heavy atom. The first-order valence-electron chi connectivity index (χ1n) is 7.78. The molecule has 0 spiro atoms. The van der Waals surface area contributed by atoms with Crippen LogP contribution in [0.5, 0.6) is 5.75 Å². The summed E-state index contributed by atoms with van der Waals surface area (Å²) in [5.74, 6) is 0.162. The van der Waals surface area contributed by atoms with Crippen LogP contribution in [-0.4, -0.2) is 11.9 Å². The number of anilines is 1. The van der Waals surface area contributed by atoms with Gasteiger partial charge in [0.1, 0.15) is 5.75 Å². The van der Waals surface area contributed by atoms with Crippen molar-refractivity contribution < 1.29 is 14.3 Å². The second kappa shape index (κ2) is 6.24.